The summed E-state index contributed by atoms with van der Waals surface area (Å²) < 4.78 is 0. The molecule has 0 radical (unpaired) electrons. The third-order valence-electron chi connectivity index (χ3n) is 6.65. The second kappa shape index (κ2) is 7.15. The van der Waals surface area contributed by atoms with Crippen molar-refractivity contribution in [3.05, 3.63) is 34.9 Å². The molecule has 1 aromatic rings. The lowest BCUT2D eigenvalue weighted by Crippen LogP contribution is -2.55. The molecule has 142 valence electrons. The van der Waals surface area contributed by atoms with Crippen LogP contribution in [0.4, 0.5) is 0 Å². The molecule has 0 spiro atoms. The standard InChI is InChI=1S/C22H32N2O2/c1-15(2)16-5-7-18-17(13-16)6-8-19-21(3,14-24-26-12-11-23)10-9-20(25)22(18,19)4/h5,7,13-15,19H,6,8-12,23H2,1-4H3/b24-14+/t19-,21-,22+/m0/s1. The molecule has 0 aliphatic heterocycles. The van der Waals surface area contributed by atoms with E-state index in [0.717, 1.165) is 19.3 Å². The Morgan fingerprint density at radius 1 is 1.35 bits per heavy atom. The van der Waals surface area contributed by atoms with E-state index in [1.807, 2.05) is 6.21 Å². The van der Waals surface area contributed by atoms with Gasteiger partial charge in [0.25, 0.3) is 0 Å². The molecule has 0 saturated heterocycles. The second-order valence-electron chi connectivity index (χ2n) is 8.65. The van der Waals surface area contributed by atoms with E-state index in [4.69, 9.17) is 10.6 Å². The van der Waals surface area contributed by atoms with Crippen molar-refractivity contribution in [3.63, 3.8) is 0 Å². The van der Waals surface area contributed by atoms with Gasteiger partial charge in [-0.3, -0.25) is 4.79 Å². The number of Topliss-reactive ketones (excluding diaryl/α,β-unsaturated/α-hetero) is 1. The van der Waals surface area contributed by atoms with Gasteiger partial charge in [-0.1, -0.05) is 44.1 Å². The van der Waals surface area contributed by atoms with Crippen molar-refractivity contribution in [2.75, 3.05) is 13.2 Å². The van der Waals surface area contributed by atoms with Crippen LogP contribution in [0.2, 0.25) is 0 Å². The van der Waals surface area contributed by atoms with Crippen LogP contribution in [0, 0.1) is 11.3 Å². The van der Waals surface area contributed by atoms with Crippen molar-refractivity contribution in [1.29, 1.82) is 0 Å². The Morgan fingerprint density at radius 3 is 2.81 bits per heavy atom. The van der Waals surface area contributed by atoms with Crippen LogP contribution in [-0.4, -0.2) is 25.1 Å². The van der Waals surface area contributed by atoms with Crippen LogP contribution in [0.3, 0.4) is 0 Å². The van der Waals surface area contributed by atoms with E-state index in [-0.39, 0.29) is 11.3 Å². The Hall–Kier alpha value is -1.68. The predicted octanol–water partition coefficient (Wildman–Crippen LogP) is 3.96. The average molecular weight is 357 g/mol. The zero-order valence-electron chi connectivity index (χ0n) is 16.5. The molecule has 4 heteroatoms. The molecule has 1 aromatic carbocycles. The second-order valence-corrected chi connectivity index (χ2v) is 8.65. The fourth-order valence-corrected chi connectivity index (χ4v) is 5.03. The molecule has 0 amide bonds. The largest absolute Gasteiger partial charge is 0.395 e. The molecule has 3 atom stereocenters. The number of ketones is 1. The van der Waals surface area contributed by atoms with Crippen molar-refractivity contribution < 1.29 is 9.63 Å². The summed E-state index contributed by atoms with van der Waals surface area (Å²) in [5.41, 5.74) is 8.83. The fourth-order valence-electron chi connectivity index (χ4n) is 5.03. The Morgan fingerprint density at radius 2 is 2.12 bits per heavy atom. The fraction of sp³-hybridized carbons (Fsp3) is 0.636. The minimum absolute atomic E-state index is 0.133. The SMILES string of the molecule is CC(C)c1ccc2c(c1)CC[C@H]1[C@](C)(/C=N/OCCN)CCC(=O)[C@]21C. The molecular weight excluding hydrogens is 324 g/mol. The number of hydrogen-bond donors (Lipinski definition) is 1. The van der Waals surface area contributed by atoms with E-state index in [0.29, 0.717) is 31.3 Å². The van der Waals surface area contributed by atoms with Crippen molar-refractivity contribution in [1.82, 2.24) is 0 Å². The monoisotopic (exact) mass is 356 g/mol. The molecule has 0 heterocycles. The molecular formula is C22H32N2O2. The van der Waals surface area contributed by atoms with Gasteiger partial charge in [0.1, 0.15) is 12.4 Å². The van der Waals surface area contributed by atoms with Gasteiger partial charge in [0.2, 0.25) is 0 Å². The van der Waals surface area contributed by atoms with E-state index in [2.05, 4.69) is 51.0 Å². The van der Waals surface area contributed by atoms with Gasteiger partial charge in [0.15, 0.2) is 0 Å². The van der Waals surface area contributed by atoms with Crippen molar-refractivity contribution in [2.45, 2.75) is 64.7 Å². The van der Waals surface area contributed by atoms with Gasteiger partial charge in [-0.2, -0.15) is 0 Å². The number of nitrogens with two attached hydrogens (primary N) is 1. The number of carbonyl (C=O) groups excluding carboxylic acids is 1. The minimum atomic E-state index is -0.435. The number of hydrogen-bond acceptors (Lipinski definition) is 4. The number of fused-ring (bicyclic) bond motifs is 3. The van der Waals surface area contributed by atoms with Gasteiger partial charge in [-0.15, -0.1) is 0 Å². The first-order valence-electron chi connectivity index (χ1n) is 9.86. The zero-order chi connectivity index (χ0) is 18.9. The normalized spacial score (nSPS) is 31.2. The quantitative estimate of drug-likeness (QED) is 0.493. The number of benzene rings is 1. The zero-order valence-corrected chi connectivity index (χ0v) is 16.5. The average Bonchev–Trinajstić information content (AvgIpc) is 2.62. The summed E-state index contributed by atoms with van der Waals surface area (Å²) in [6.07, 6.45) is 5.40. The third kappa shape index (κ3) is 3.09. The molecule has 3 rings (SSSR count). The molecule has 2 aliphatic carbocycles. The molecule has 0 unspecified atom stereocenters. The molecule has 1 fully saturated rings. The van der Waals surface area contributed by atoms with Gasteiger partial charge < -0.3 is 10.6 Å². The first kappa shape index (κ1) is 19.1. The summed E-state index contributed by atoms with van der Waals surface area (Å²) in [6.45, 7) is 9.70. The Bertz CT molecular complexity index is 712. The maximum Gasteiger partial charge on any atom is 0.143 e. The molecule has 1 saturated carbocycles. The van der Waals surface area contributed by atoms with Crippen molar-refractivity contribution >= 4 is 12.0 Å². The number of oxime groups is 1. The first-order valence-corrected chi connectivity index (χ1v) is 9.86. The minimum Gasteiger partial charge on any atom is -0.395 e. The Balaban J connectivity index is 1.99. The summed E-state index contributed by atoms with van der Waals surface area (Å²) in [4.78, 5) is 18.4. The first-order chi connectivity index (χ1) is 12.3. The van der Waals surface area contributed by atoms with Crippen molar-refractivity contribution in [2.24, 2.45) is 22.2 Å². The lowest BCUT2D eigenvalue weighted by atomic mass is 9.49. The third-order valence-corrected chi connectivity index (χ3v) is 6.65. The Labute approximate surface area is 157 Å². The maximum atomic E-state index is 13.1. The predicted molar refractivity (Wildman–Crippen MR) is 106 cm³/mol. The number of aryl methyl sites for hydroxylation is 1. The van der Waals surface area contributed by atoms with Gasteiger partial charge in [0, 0.05) is 24.6 Å². The van der Waals surface area contributed by atoms with E-state index >= 15 is 0 Å². The van der Waals surface area contributed by atoms with Crippen molar-refractivity contribution in [3.8, 4) is 0 Å². The molecule has 2 aliphatic rings. The highest BCUT2D eigenvalue weighted by molar-refractivity contribution is 5.93. The summed E-state index contributed by atoms with van der Waals surface area (Å²) in [7, 11) is 0. The van der Waals surface area contributed by atoms with Gasteiger partial charge in [-0.05, 0) is 54.7 Å². The summed E-state index contributed by atoms with van der Waals surface area (Å²) >= 11 is 0. The molecule has 0 aromatic heterocycles. The number of carbonyl (C=O) groups is 1. The number of nitrogens with zero attached hydrogens (tertiary/aromatic N) is 1. The van der Waals surface area contributed by atoms with Crippen LogP contribution < -0.4 is 5.73 Å². The number of rotatable bonds is 5. The van der Waals surface area contributed by atoms with Crippen LogP contribution in [0.15, 0.2) is 23.4 Å². The van der Waals surface area contributed by atoms with Crippen LogP contribution in [0.1, 0.15) is 69.6 Å². The maximum absolute atomic E-state index is 13.1. The summed E-state index contributed by atoms with van der Waals surface area (Å²) in [5, 5.41) is 4.18. The highest BCUT2D eigenvalue weighted by Gasteiger charge is 2.55. The lowest BCUT2D eigenvalue weighted by molar-refractivity contribution is -0.132. The van der Waals surface area contributed by atoms with E-state index in [9.17, 15) is 4.79 Å². The van der Waals surface area contributed by atoms with Crippen LogP contribution in [0.25, 0.3) is 0 Å². The van der Waals surface area contributed by atoms with Gasteiger partial charge >= 0.3 is 0 Å². The molecule has 26 heavy (non-hydrogen) atoms. The summed E-state index contributed by atoms with van der Waals surface area (Å²) in [5.74, 6) is 1.12. The van der Waals surface area contributed by atoms with E-state index in [1.165, 1.54) is 16.7 Å². The van der Waals surface area contributed by atoms with Crippen LogP contribution in [0.5, 0.6) is 0 Å². The van der Waals surface area contributed by atoms with Crippen LogP contribution >= 0.6 is 0 Å². The van der Waals surface area contributed by atoms with Gasteiger partial charge in [-0.25, -0.2) is 0 Å². The van der Waals surface area contributed by atoms with Crippen LogP contribution in [-0.2, 0) is 21.5 Å². The van der Waals surface area contributed by atoms with E-state index < -0.39 is 5.41 Å². The highest BCUT2D eigenvalue weighted by atomic mass is 16.6. The Kier molecular flexibility index (Phi) is 5.25. The smallest absolute Gasteiger partial charge is 0.143 e. The summed E-state index contributed by atoms with van der Waals surface area (Å²) in [6, 6.07) is 6.73. The van der Waals surface area contributed by atoms with E-state index in [1.54, 1.807) is 0 Å². The molecule has 2 N–H and O–H groups in total. The molecule has 4 nitrogen and oxygen atoms in total. The highest BCUT2D eigenvalue weighted by Crippen LogP contribution is 2.55. The lowest BCUT2D eigenvalue weighted by Gasteiger charge is -2.52. The topological polar surface area (TPSA) is 64.7 Å². The van der Waals surface area contributed by atoms with Gasteiger partial charge in [0.05, 0.1) is 5.41 Å². The molecule has 0 bridgehead atoms.